The molecule has 1 fully saturated rings. The monoisotopic (exact) mass is 209 g/mol. The molecule has 0 aromatic carbocycles. The number of carbonyl (C=O) groups excluding carboxylic acids is 1. The van der Waals surface area contributed by atoms with Crippen molar-refractivity contribution >= 4 is 6.03 Å². The first kappa shape index (κ1) is 10.2. The highest BCUT2D eigenvalue weighted by molar-refractivity contribution is 5.76. The van der Waals surface area contributed by atoms with Crippen molar-refractivity contribution in [2.45, 2.75) is 25.4 Å². The van der Waals surface area contributed by atoms with Crippen molar-refractivity contribution in [2.75, 3.05) is 13.2 Å². The Morgan fingerprint density at radius 1 is 1.60 bits per heavy atom. The second-order valence-electron chi connectivity index (χ2n) is 3.64. The third-order valence-corrected chi connectivity index (χ3v) is 2.49. The number of hydrogen-bond acceptors (Lipinski definition) is 3. The quantitative estimate of drug-likeness (QED) is 0.790. The van der Waals surface area contributed by atoms with Crippen LogP contribution in [0.15, 0.2) is 18.7 Å². The van der Waals surface area contributed by atoms with Gasteiger partial charge in [0, 0.05) is 25.5 Å². The average molecular weight is 209 g/mol. The van der Waals surface area contributed by atoms with Gasteiger partial charge in [0.05, 0.1) is 6.10 Å². The van der Waals surface area contributed by atoms with Gasteiger partial charge in [0.2, 0.25) is 0 Å². The minimum Gasteiger partial charge on any atom is -0.376 e. The maximum atomic E-state index is 11.5. The summed E-state index contributed by atoms with van der Waals surface area (Å²) in [6.07, 6.45) is 8.21. The number of hydrogen-bond donors (Lipinski definition) is 1. The van der Waals surface area contributed by atoms with E-state index in [1.54, 1.807) is 12.4 Å². The Bertz CT molecular complexity index is 304. The predicted octanol–water partition coefficient (Wildman–Crippen LogP) is 1.01. The number of ether oxygens (including phenoxy) is 1. The van der Waals surface area contributed by atoms with Crippen LogP contribution in [0.1, 0.15) is 19.3 Å². The normalized spacial score (nSPS) is 21.2. The standard InChI is InChI=1S/C10H15N3O2/c14-10(13-5-4-11-8-13)12-7-9-3-1-2-6-15-9/h4-5,8-9H,1-3,6-7H2,(H,12,14). The zero-order valence-corrected chi connectivity index (χ0v) is 8.56. The molecular formula is C10H15N3O2. The molecule has 1 aliphatic heterocycles. The number of carbonyl (C=O) groups is 1. The topological polar surface area (TPSA) is 56.1 Å². The highest BCUT2D eigenvalue weighted by atomic mass is 16.5. The Hall–Kier alpha value is -1.36. The second-order valence-corrected chi connectivity index (χ2v) is 3.64. The van der Waals surface area contributed by atoms with Crippen molar-refractivity contribution in [1.82, 2.24) is 14.9 Å². The van der Waals surface area contributed by atoms with Crippen molar-refractivity contribution in [3.05, 3.63) is 18.7 Å². The van der Waals surface area contributed by atoms with Crippen LogP contribution in [-0.2, 0) is 4.74 Å². The third-order valence-electron chi connectivity index (χ3n) is 2.49. The van der Waals surface area contributed by atoms with Gasteiger partial charge in [-0.25, -0.2) is 9.78 Å². The van der Waals surface area contributed by atoms with Gasteiger partial charge in [0.15, 0.2) is 0 Å². The van der Waals surface area contributed by atoms with Gasteiger partial charge in [-0.05, 0) is 19.3 Å². The second kappa shape index (κ2) is 4.93. The molecule has 2 rings (SSSR count). The molecule has 1 aromatic rings. The summed E-state index contributed by atoms with van der Waals surface area (Å²) in [7, 11) is 0. The van der Waals surface area contributed by atoms with E-state index >= 15 is 0 Å². The maximum Gasteiger partial charge on any atom is 0.326 e. The van der Waals surface area contributed by atoms with Crippen LogP contribution in [0.4, 0.5) is 4.79 Å². The lowest BCUT2D eigenvalue weighted by Crippen LogP contribution is -2.37. The summed E-state index contributed by atoms with van der Waals surface area (Å²) in [5, 5.41) is 2.81. The van der Waals surface area contributed by atoms with Gasteiger partial charge < -0.3 is 10.1 Å². The molecule has 5 nitrogen and oxygen atoms in total. The Labute approximate surface area is 88.4 Å². The molecule has 1 atom stereocenters. The van der Waals surface area contributed by atoms with Crippen LogP contribution in [0.5, 0.6) is 0 Å². The van der Waals surface area contributed by atoms with Gasteiger partial charge >= 0.3 is 6.03 Å². The van der Waals surface area contributed by atoms with Gasteiger partial charge in [0.25, 0.3) is 0 Å². The van der Waals surface area contributed by atoms with Crippen LogP contribution in [0.3, 0.4) is 0 Å². The number of aromatic nitrogens is 2. The van der Waals surface area contributed by atoms with Crippen LogP contribution in [0.25, 0.3) is 0 Å². The van der Waals surface area contributed by atoms with E-state index in [1.807, 2.05) is 0 Å². The van der Waals surface area contributed by atoms with Gasteiger partial charge in [-0.1, -0.05) is 0 Å². The van der Waals surface area contributed by atoms with E-state index in [-0.39, 0.29) is 12.1 Å². The Morgan fingerprint density at radius 3 is 3.20 bits per heavy atom. The molecule has 1 aliphatic rings. The molecule has 0 radical (unpaired) electrons. The number of rotatable bonds is 2. The minimum absolute atomic E-state index is 0.151. The van der Waals surface area contributed by atoms with Crippen molar-refractivity contribution in [3.63, 3.8) is 0 Å². The van der Waals surface area contributed by atoms with Gasteiger partial charge in [-0.3, -0.25) is 4.57 Å². The van der Waals surface area contributed by atoms with Crippen LogP contribution in [0.2, 0.25) is 0 Å². The van der Waals surface area contributed by atoms with Crippen molar-refractivity contribution in [3.8, 4) is 0 Å². The van der Waals surface area contributed by atoms with E-state index in [0.717, 1.165) is 19.4 Å². The Kier molecular flexibility index (Phi) is 3.34. The fraction of sp³-hybridized carbons (Fsp3) is 0.600. The minimum atomic E-state index is -0.151. The molecule has 1 amide bonds. The first-order valence-electron chi connectivity index (χ1n) is 5.24. The first-order chi connectivity index (χ1) is 7.36. The molecule has 0 saturated carbocycles. The van der Waals surface area contributed by atoms with E-state index in [9.17, 15) is 4.79 Å². The van der Waals surface area contributed by atoms with E-state index in [1.165, 1.54) is 17.3 Å². The molecule has 15 heavy (non-hydrogen) atoms. The molecule has 2 heterocycles. The van der Waals surface area contributed by atoms with E-state index in [0.29, 0.717) is 6.54 Å². The third kappa shape index (κ3) is 2.79. The fourth-order valence-electron chi connectivity index (χ4n) is 1.64. The summed E-state index contributed by atoms with van der Waals surface area (Å²) in [4.78, 5) is 15.3. The maximum absolute atomic E-state index is 11.5. The number of imidazole rings is 1. The Balaban J connectivity index is 1.75. The molecule has 1 aromatic heterocycles. The molecule has 0 bridgehead atoms. The largest absolute Gasteiger partial charge is 0.376 e. The highest BCUT2D eigenvalue weighted by Crippen LogP contribution is 2.11. The summed E-state index contributed by atoms with van der Waals surface area (Å²) in [5.74, 6) is 0. The SMILES string of the molecule is O=C(NCC1CCCCO1)n1ccnc1. The number of nitrogens with one attached hydrogen (secondary N) is 1. The van der Waals surface area contributed by atoms with Crippen LogP contribution in [-0.4, -0.2) is 34.8 Å². The zero-order chi connectivity index (χ0) is 10.5. The van der Waals surface area contributed by atoms with Crippen LogP contribution < -0.4 is 5.32 Å². The smallest absolute Gasteiger partial charge is 0.326 e. The number of amides is 1. The van der Waals surface area contributed by atoms with Crippen molar-refractivity contribution in [2.24, 2.45) is 0 Å². The summed E-state index contributed by atoms with van der Waals surface area (Å²) >= 11 is 0. The summed E-state index contributed by atoms with van der Waals surface area (Å²) in [6, 6.07) is -0.151. The molecule has 82 valence electrons. The van der Waals surface area contributed by atoms with Gasteiger partial charge in [-0.15, -0.1) is 0 Å². The first-order valence-corrected chi connectivity index (χ1v) is 5.24. The van der Waals surface area contributed by atoms with Crippen LogP contribution in [0, 0.1) is 0 Å². The van der Waals surface area contributed by atoms with Gasteiger partial charge in [0.1, 0.15) is 6.33 Å². The number of nitrogens with zero attached hydrogens (tertiary/aromatic N) is 2. The molecule has 0 aliphatic carbocycles. The summed E-state index contributed by atoms with van der Waals surface area (Å²) in [6.45, 7) is 1.39. The predicted molar refractivity (Wildman–Crippen MR) is 54.6 cm³/mol. The van der Waals surface area contributed by atoms with E-state index in [4.69, 9.17) is 4.74 Å². The lowest BCUT2D eigenvalue weighted by molar-refractivity contribution is 0.0185. The van der Waals surface area contributed by atoms with E-state index < -0.39 is 0 Å². The highest BCUT2D eigenvalue weighted by Gasteiger charge is 2.14. The van der Waals surface area contributed by atoms with Crippen molar-refractivity contribution < 1.29 is 9.53 Å². The van der Waals surface area contributed by atoms with Crippen LogP contribution >= 0.6 is 0 Å². The fourth-order valence-corrected chi connectivity index (χ4v) is 1.64. The molecular weight excluding hydrogens is 194 g/mol. The lowest BCUT2D eigenvalue weighted by Gasteiger charge is -2.22. The molecule has 1 saturated heterocycles. The molecule has 0 spiro atoms. The molecule has 1 unspecified atom stereocenters. The molecule has 5 heteroatoms. The summed E-state index contributed by atoms with van der Waals surface area (Å²) < 4.78 is 6.93. The molecule has 1 N–H and O–H groups in total. The van der Waals surface area contributed by atoms with Gasteiger partial charge in [-0.2, -0.15) is 0 Å². The zero-order valence-electron chi connectivity index (χ0n) is 8.56. The van der Waals surface area contributed by atoms with E-state index in [2.05, 4.69) is 10.3 Å². The summed E-state index contributed by atoms with van der Waals surface area (Å²) in [5.41, 5.74) is 0. The lowest BCUT2D eigenvalue weighted by atomic mass is 10.1. The van der Waals surface area contributed by atoms with Crippen molar-refractivity contribution in [1.29, 1.82) is 0 Å². The average Bonchev–Trinajstić information content (AvgIpc) is 2.81. The Morgan fingerprint density at radius 2 is 2.53 bits per heavy atom.